The maximum Gasteiger partial charge on any atom is 0.263 e. The summed E-state index contributed by atoms with van der Waals surface area (Å²) in [4.78, 5) is 26.7. The summed E-state index contributed by atoms with van der Waals surface area (Å²) in [6, 6.07) is 11.2. The van der Waals surface area contributed by atoms with Crippen molar-refractivity contribution in [3.63, 3.8) is 0 Å². The third-order valence-electron chi connectivity index (χ3n) is 4.48. The van der Waals surface area contributed by atoms with Crippen molar-refractivity contribution in [3.8, 4) is 0 Å². The predicted octanol–water partition coefficient (Wildman–Crippen LogP) is 2.89. The Kier molecular flexibility index (Phi) is 3.56. The Hall–Kier alpha value is -3.09. The van der Waals surface area contributed by atoms with Gasteiger partial charge < -0.3 is 0 Å². The zero-order chi connectivity index (χ0) is 17.6. The van der Waals surface area contributed by atoms with E-state index in [1.807, 2.05) is 19.1 Å². The van der Waals surface area contributed by atoms with Crippen molar-refractivity contribution in [2.45, 2.75) is 25.4 Å². The summed E-state index contributed by atoms with van der Waals surface area (Å²) >= 11 is 0. The van der Waals surface area contributed by atoms with E-state index >= 15 is 0 Å². The summed E-state index contributed by atoms with van der Waals surface area (Å²) in [6.45, 7) is 2.03. The van der Waals surface area contributed by atoms with Crippen LogP contribution in [-0.4, -0.2) is 23.9 Å². The number of imide groups is 1. The van der Waals surface area contributed by atoms with Gasteiger partial charge in [-0.1, -0.05) is 24.3 Å². The van der Waals surface area contributed by atoms with Crippen molar-refractivity contribution in [3.05, 3.63) is 59.9 Å². The molecule has 7 heteroatoms. The van der Waals surface area contributed by atoms with Gasteiger partial charge in [-0.05, 0) is 48.4 Å². The standard InChI is InChI=1S/C18H15FN4O2/c1-2-11-3-7-13(8-4-11)22-17(24)15-16(18(22)25)23(21-20-15)14-9-5-12(19)6-10-14/h3-10,15-16H,2H2,1H3. The highest BCUT2D eigenvalue weighted by molar-refractivity contribution is 6.26. The third-order valence-corrected chi connectivity index (χ3v) is 4.48. The van der Waals surface area contributed by atoms with Crippen molar-refractivity contribution < 1.29 is 14.0 Å². The number of carbonyl (C=O) groups is 2. The van der Waals surface area contributed by atoms with E-state index in [2.05, 4.69) is 10.3 Å². The molecule has 0 saturated carbocycles. The Morgan fingerprint density at radius 3 is 2.24 bits per heavy atom. The van der Waals surface area contributed by atoms with E-state index in [9.17, 15) is 14.0 Å². The smallest absolute Gasteiger partial charge is 0.263 e. The molecule has 0 spiro atoms. The van der Waals surface area contributed by atoms with E-state index in [0.29, 0.717) is 11.4 Å². The zero-order valence-electron chi connectivity index (χ0n) is 13.5. The number of hydrogen-bond acceptors (Lipinski definition) is 5. The molecule has 1 saturated heterocycles. The van der Waals surface area contributed by atoms with Gasteiger partial charge >= 0.3 is 0 Å². The first-order chi connectivity index (χ1) is 12.1. The number of fused-ring (bicyclic) bond motifs is 1. The fourth-order valence-corrected chi connectivity index (χ4v) is 3.10. The maximum atomic E-state index is 13.1. The summed E-state index contributed by atoms with van der Waals surface area (Å²) in [5, 5.41) is 9.29. The number of anilines is 2. The van der Waals surface area contributed by atoms with Crippen LogP contribution in [0, 0.1) is 5.82 Å². The minimum Gasteiger partial charge on any atom is -0.271 e. The van der Waals surface area contributed by atoms with Crippen LogP contribution in [0.5, 0.6) is 0 Å². The van der Waals surface area contributed by atoms with Gasteiger partial charge in [-0.25, -0.2) is 14.3 Å². The van der Waals surface area contributed by atoms with Gasteiger partial charge in [0, 0.05) is 0 Å². The van der Waals surface area contributed by atoms with E-state index in [4.69, 9.17) is 0 Å². The predicted molar refractivity (Wildman–Crippen MR) is 89.6 cm³/mol. The topological polar surface area (TPSA) is 65.3 Å². The molecule has 25 heavy (non-hydrogen) atoms. The van der Waals surface area contributed by atoms with Crippen LogP contribution in [0.3, 0.4) is 0 Å². The van der Waals surface area contributed by atoms with Crippen molar-refractivity contribution in [1.29, 1.82) is 0 Å². The number of amides is 2. The second-order valence-corrected chi connectivity index (χ2v) is 5.95. The molecule has 2 aromatic carbocycles. The van der Waals surface area contributed by atoms with Gasteiger partial charge in [0.1, 0.15) is 5.82 Å². The van der Waals surface area contributed by atoms with Gasteiger partial charge in [-0.3, -0.25) is 9.59 Å². The second kappa shape index (κ2) is 5.77. The molecule has 2 heterocycles. The first-order valence-electron chi connectivity index (χ1n) is 8.02. The monoisotopic (exact) mass is 338 g/mol. The molecule has 2 amide bonds. The summed E-state index contributed by atoms with van der Waals surface area (Å²) < 4.78 is 13.1. The molecule has 1 fully saturated rings. The number of hydrogen-bond donors (Lipinski definition) is 0. The molecule has 0 aliphatic carbocycles. The van der Waals surface area contributed by atoms with Gasteiger partial charge in [0.2, 0.25) is 0 Å². The van der Waals surface area contributed by atoms with E-state index < -0.39 is 18.0 Å². The van der Waals surface area contributed by atoms with E-state index in [1.54, 1.807) is 12.1 Å². The lowest BCUT2D eigenvalue weighted by atomic mass is 10.1. The molecule has 0 aromatic heterocycles. The largest absolute Gasteiger partial charge is 0.271 e. The number of rotatable bonds is 3. The first kappa shape index (κ1) is 15.4. The van der Waals surface area contributed by atoms with Crippen LogP contribution in [0.15, 0.2) is 58.9 Å². The maximum absolute atomic E-state index is 13.1. The first-order valence-corrected chi connectivity index (χ1v) is 8.02. The Bertz CT molecular complexity index is 864. The van der Waals surface area contributed by atoms with Crippen molar-refractivity contribution in [2.24, 2.45) is 10.3 Å². The molecule has 126 valence electrons. The van der Waals surface area contributed by atoms with Crippen LogP contribution in [0.25, 0.3) is 0 Å². The van der Waals surface area contributed by atoms with E-state index in [-0.39, 0.29) is 11.7 Å². The average molecular weight is 338 g/mol. The molecular weight excluding hydrogens is 323 g/mol. The quantitative estimate of drug-likeness (QED) is 0.808. The summed E-state index contributed by atoms with van der Waals surface area (Å²) in [5.41, 5.74) is 2.16. The molecule has 6 nitrogen and oxygen atoms in total. The second-order valence-electron chi connectivity index (χ2n) is 5.95. The minimum absolute atomic E-state index is 0.381. The molecule has 2 aromatic rings. The summed E-state index contributed by atoms with van der Waals surface area (Å²) in [5.74, 6) is -1.16. The molecule has 0 N–H and O–H groups in total. The number of carbonyl (C=O) groups excluding carboxylic acids is 2. The van der Waals surface area contributed by atoms with Crippen molar-refractivity contribution >= 4 is 23.2 Å². The van der Waals surface area contributed by atoms with Crippen molar-refractivity contribution in [1.82, 2.24) is 0 Å². The van der Waals surface area contributed by atoms with Gasteiger partial charge in [0.25, 0.3) is 11.8 Å². The van der Waals surface area contributed by atoms with Crippen LogP contribution in [0.4, 0.5) is 15.8 Å². The molecule has 2 aliphatic heterocycles. The Labute approximate surface area is 143 Å². The minimum atomic E-state index is -0.872. The highest BCUT2D eigenvalue weighted by Gasteiger charge is 2.55. The van der Waals surface area contributed by atoms with Crippen LogP contribution in [-0.2, 0) is 16.0 Å². The fraction of sp³-hybridized carbons (Fsp3) is 0.222. The molecule has 4 rings (SSSR count). The number of aryl methyl sites for hydroxylation is 1. The highest BCUT2D eigenvalue weighted by Crippen LogP contribution is 2.34. The molecule has 0 radical (unpaired) electrons. The molecule has 0 bridgehead atoms. The van der Waals surface area contributed by atoms with Gasteiger partial charge in [-0.15, -0.1) is 0 Å². The molecule has 2 aliphatic rings. The molecular formula is C18H15FN4O2. The normalized spacial score (nSPS) is 22.0. The third kappa shape index (κ3) is 2.39. The van der Waals surface area contributed by atoms with E-state index in [1.165, 1.54) is 29.3 Å². The fourth-order valence-electron chi connectivity index (χ4n) is 3.10. The van der Waals surface area contributed by atoms with Crippen LogP contribution < -0.4 is 9.91 Å². The summed E-state index contributed by atoms with van der Waals surface area (Å²) in [6.07, 6.45) is 0.875. The average Bonchev–Trinajstić information content (AvgIpc) is 3.17. The zero-order valence-corrected chi connectivity index (χ0v) is 13.5. The molecule has 2 unspecified atom stereocenters. The number of benzene rings is 2. The van der Waals surface area contributed by atoms with E-state index in [0.717, 1.165) is 16.9 Å². The number of halogens is 1. The van der Waals surface area contributed by atoms with Gasteiger partial charge in [0.05, 0.1) is 11.4 Å². The highest BCUT2D eigenvalue weighted by atomic mass is 19.1. The van der Waals surface area contributed by atoms with Crippen LogP contribution >= 0.6 is 0 Å². The Morgan fingerprint density at radius 1 is 0.960 bits per heavy atom. The van der Waals surface area contributed by atoms with Gasteiger partial charge in [-0.2, -0.15) is 5.11 Å². The number of nitrogens with zero attached hydrogens (tertiary/aromatic N) is 4. The SMILES string of the molecule is CCc1ccc(N2C(=O)C3N=NN(c4ccc(F)cc4)C3C2=O)cc1. The van der Waals surface area contributed by atoms with Crippen LogP contribution in [0.1, 0.15) is 12.5 Å². The van der Waals surface area contributed by atoms with Gasteiger partial charge in [0.15, 0.2) is 12.1 Å². The van der Waals surface area contributed by atoms with Crippen molar-refractivity contribution in [2.75, 3.05) is 9.91 Å². The lowest BCUT2D eigenvalue weighted by molar-refractivity contribution is -0.121. The summed E-state index contributed by atoms with van der Waals surface area (Å²) in [7, 11) is 0. The molecule has 2 atom stereocenters. The van der Waals surface area contributed by atoms with Crippen LogP contribution in [0.2, 0.25) is 0 Å². The Morgan fingerprint density at radius 2 is 1.60 bits per heavy atom. The Balaban J connectivity index is 1.66. The lowest BCUT2D eigenvalue weighted by Crippen LogP contribution is -2.39. The lowest BCUT2D eigenvalue weighted by Gasteiger charge is -2.20.